The summed E-state index contributed by atoms with van der Waals surface area (Å²) in [4.78, 5) is 0. The van der Waals surface area contributed by atoms with Gasteiger partial charge in [0.25, 0.3) is 0 Å². The van der Waals surface area contributed by atoms with E-state index in [1.54, 1.807) is 0 Å². The Morgan fingerprint density at radius 3 is 2.50 bits per heavy atom. The first kappa shape index (κ1) is 11.7. The average molecular weight is 217 g/mol. The predicted octanol–water partition coefficient (Wildman–Crippen LogP) is 3.62. The monoisotopic (exact) mass is 217 g/mol. The first-order valence-corrected chi connectivity index (χ1v) is 6.46. The van der Waals surface area contributed by atoms with Crippen molar-refractivity contribution in [3.63, 3.8) is 0 Å². The van der Waals surface area contributed by atoms with E-state index in [1.165, 1.54) is 24.0 Å². The number of benzene rings is 1. The number of hydrogen-bond donors (Lipinski definition) is 1. The minimum atomic E-state index is 0.355. The quantitative estimate of drug-likeness (QED) is 0.822. The Morgan fingerprint density at radius 2 is 2.00 bits per heavy atom. The van der Waals surface area contributed by atoms with Crippen molar-refractivity contribution in [3.05, 3.63) is 35.4 Å². The molecular formula is C15H23N. The fourth-order valence-electron chi connectivity index (χ4n) is 3.44. The molecule has 1 heteroatoms. The van der Waals surface area contributed by atoms with Crippen molar-refractivity contribution < 1.29 is 0 Å². The molecule has 0 spiro atoms. The molecule has 0 bridgehead atoms. The van der Waals surface area contributed by atoms with E-state index in [-0.39, 0.29) is 0 Å². The third-order valence-corrected chi connectivity index (χ3v) is 4.68. The highest BCUT2D eigenvalue weighted by Gasteiger charge is 2.50. The van der Waals surface area contributed by atoms with Crippen LogP contribution in [-0.4, -0.2) is 6.04 Å². The van der Waals surface area contributed by atoms with Gasteiger partial charge < -0.3 is 5.73 Å². The molecule has 0 saturated heterocycles. The Morgan fingerprint density at radius 1 is 1.31 bits per heavy atom. The topological polar surface area (TPSA) is 26.0 Å². The summed E-state index contributed by atoms with van der Waals surface area (Å²) in [5.74, 6) is 0.678. The van der Waals surface area contributed by atoms with Gasteiger partial charge in [-0.3, -0.25) is 0 Å². The van der Waals surface area contributed by atoms with Gasteiger partial charge in [-0.15, -0.1) is 0 Å². The second-order valence-electron chi connectivity index (χ2n) is 5.25. The summed E-state index contributed by atoms with van der Waals surface area (Å²) in [5, 5.41) is 0. The Hall–Kier alpha value is -0.820. The van der Waals surface area contributed by atoms with Crippen molar-refractivity contribution in [3.8, 4) is 0 Å². The van der Waals surface area contributed by atoms with Gasteiger partial charge in [0.2, 0.25) is 0 Å². The summed E-state index contributed by atoms with van der Waals surface area (Å²) in [5.41, 5.74) is 9.45. The summed E-state index contributed by atoms with van der Waals surface area (Å²) in [6, 6.07) is 9.33. The summed E-state index contributed by atoms with van der Waals surface area (Å²) < 4.78 is 0. The van der Waals surface area contributed by atoms with Crippen LogP contribution in [0, 0.1) is 12.3 Å². The summed E-state index contributed by atoms with van der Waals surface area (Å²) in [7, 11) is 0. The number of aryl methyl sites for hydroxylation is 1. The largest absolute Gasteiger partial charge is 0.327 e. The summed E-state index contributed by atoms with van der Waals surface area (Å²) >= 11 is 0. The molecule has 1 nitrogen and oxygen atoms in total. The van der Waals surface area contributed by atoms with Crippen LogP contribution in [0.2, 0.25) is 0 Å². The molecule has 0 aromatic heterocycles. The van der Waals surface area contributed by atoms with Gasteiger partial charge in [-0.2, -0.15) is 0 Å². The first-order valence-electron chi connectivity index (χ1n) is 6.46. The zero-order valence-electron chi connectivity index (χ0n) is 10.7. The van der Waals surface area contributed by atoms with Gasteiger partial charge >= 0.3 is 0 Å². The lowest BCUT2D eigenvalue weighted by Gasteiger charge is -2.55. The molecule has 1 saturated carbocycles. The molecule has 0 amide bonds. The van der Waals surface area contributed by atoms with E-state index >= 15 is 0 Å². The molecule has 1 aromatic carbocycles. The Labute approximate surface area is 99.0 Å². The van der Waals surface area contributed by atoms with Crippen molar-refractivity contribution in [1.29, 1.82) is 0 Å². The van der Waals surface area contributed by atoms with Crippen molar-refractivity contribution in [2.24, 2.45) is 11.1 Å². The maximum Gasteiger partial charge on any atom is 0.0107 e. The molecule has 1 aliphatic rings. The van der Waals surface area contributed by atoms with Crippen molar-refractivity contribution in [2.45, 2.75) is 52.0 Å². The van der Waals surface area contributed by atoms with E-state index in [9.17, 15) is 0 Å². The third kappa shape index (κ3) is 1.58. The molecule has 0 radical (unpaired) electrons. The van der Waals surface area contributed by atoms with Crippen LogP contribution in [0.4, 0.5) is 0 Å². The van der Waals surface area contributed by atoms with E-state index in [0.29, 0.717) is 17.4 Å². The molecule has 1 fully saturated rings. The van der Waals surface area contributed by atoms with Crippen LogP contribution in [0.5, 0.6) is 0 Å². The Balaban J connectivity index is 2.29. The number of rotatable bonds is 3. The van der Waals surface area contributed by atoms with Crippen molar-refractivity contribution >= 4 is 0 Å². The van der Waals surface area contributed by atoms with Gasteiger partial charge in [0.05, 0.1) is 0 Å². The summed E-state index contributed by atoms with van der Waals surface area (Å²) in [6.45, 7) is 6.73. The highest BCUT2D eigenvalue weighted by atomic mass is 14.8. The first-order chi connectivity index (χ1) is 7.64. The van der Waals surface area contributed by atoms with Crippen LogP contribution in [-0.2, 0) is 0 Å². The molecule has 2 rings (SSSR count). The van der Waals surface area contributed by atoms with Gasteiger partial charge in [-0.05, 0) is 43.1 Å². The zero-order chi connectivity index (χ0) is 11.8. The second-order valence-corrected chi connectivity index (χ2v) is 5.25. The normalized spacial score (nSPS) is 27.5. The fraction of sp³-hybridized carbons (Fsp3) is 0.600. The van der Waals surface area contributed by atoms with Crippen LogP contribution in [0.15, 0.2) is 24.3 Å². The van der Waals surface area contributed by atoms with Crippen molar-refractivity contribution in [2.75, 3.05) is 0 Å². The molecular weight excluding hydrogens is 194 g/mol. The lowest BCUT2D eigenvalue weighted by Crippen LogP contribution is -2.55. The smallest absolute Gasteiger partial charge is 0.0107 e. The zero-order valence-corrected chi connectivity index (χ0v) is 10.7. The molecule has 2 unspecified atom stereocenters. The number of hydrogen-bond acceptors (Lipinski definition) is 1. The summed E-state index contributed by atoms with van der Waals surface area (Å²) in [6.07, 6.45) is 3.55. The minimum Gasteiger partial charge on any atom is -0.327 e. The predicted molar refractivity (Wildman–Crippen MR) is 69.5 cm³/mol. The van der Waals surface area contributed by atoms with Crippen LogP contribution in [0.3, 0.4) is 0 Å². The average Bonchev–Trinajstić information content (AvgIpc) is 2.27. The number of nitrogens with two attached hydrogens (primary N) is 1. The van der Waals surface area contributed by atoms with E-state index in [0.717, 1.165) is 6.42 Å². The van der Waals surface area contributed by atoms with Crippen LogP contribution < -0.4 is 5.73 Å². The molecule has 0 heterocycles. The van der Waals surface area contributed by atoms with Gasteiger partial charge in [0, 0.05) is 6.04 Å². The van der Waals surface area contributed by atoms with Gasteiger partial charge in [-0.25, -0.2) is 0 Å². The Kier molecular flexibility index (Phi) is 3.07. The van der Waals surface area contributed by atoms with E-state index in [1.807, 2.05) is 0 Å². The molecule has 1 aromatic rings. The highest BCUT2D eigenvalue weighted by Crippen LogP contribution is 2.56. The fourth-order valence-corrected chi connectivity index (χ4v) is 3.44. The van der Waals surface area contributed by atoms with Gasteiger partial charge in [0.1, 0.15) is 0 Å². The van der Waals surface area contributed by atoms with Crippen molar-refractivity contribution in [1.82, 2.24) is 0 Å². The minimum absolute atomic E-state index is 0.355. The molecule has 2 N–H and O–H groups in total. The van der Waals surface area contributed by atoms with E-state index in [2.05, 4.69) is 45.0 Å². The lowest BCUT2D eigenvalue weighted by molar-refractivity contribution is 0.0438. The van der Waals surface area contributed by atoms with E-state index < -0.39 is 0 Å². The molecule has 2 atom stereocenters. The maximum absolute atomic E-state index is 6.24. The molecule has 1 aliphatic carbocycles. The lowest BCUT2D eigenvalue weighted by atomic mass is 9.52. The Bertz CT molecular complexity index is 365. The highest BCUT2D eigenvalue weighted by molar-refractivity contribution is 5.31. The second kappa shape index (κ2) is 4.21. The molecule has 16 heavy (non-hydrogen) atoms. The molecule has 88 valence electrons. The third-order valence-electron chi connectivity index (χ3n) is 4.68. The van der Waals surface area contributed by atoms with Crippen LogP contribution >= 0.6 is 0 Å². The molecule has 0 aliphatic heterocycles. The maximum atomic E-state index is 6.24. The van der Waals surface area contributed by atoms with Gasteiger partial charge in [-0.1, -0.05) is 43.7 Å². The van der Waals surface area contributed by atoms with Crippen LogP contribution in [0.1, 0.15) is 50.2 Å². The van der Waals surface area contributed by atoms with Gasteiger partial charge in [0.15, 0.2) is 0 Å². The standard InChI is InChI=1S/C15H23N/c1-4-15(5-2)13(10-14(15)16)12-8-6-7-11(3)9-12/h6-9,13-14H,4-5,10,16H2,1-3H3. The van der Waals surface area contributed by atoms with Crippen LogP contribution in [0.25, 0.3) is 0 Å². The van der Waals surface area contributed by atoms with E-state index in [4.69, 9.17) is 5.73 Å². The SMILES string of the molecule is CCC1(CC)C(N)CC1c1cccc(C)c1.